The van der Waals surface area contributed by atoms with Crippen LogP contribution in [0.15, 0.2) is 24.4 Å². The largest absolute Gasteiger partial charge is 0.341 e. The fourth-order valence-electron chi connectivity index (χ4n) is 2.84. The third kappa shape index (κ3) is 2.43. The Labute approximate surface area is 114 Å². The summed E-state index contributed by atoms with van der Waals surface area (Å²) in [5, 5.41) is 3.47. The molecule has 1 aliphatic heterocycles. The molecule has 2 heterocycles. The number of hydrogen-bond donors (Lipinski definition) is 2. The lowest BCUT2D eigenvalue weighted by atomic mass is 10.0. The van der Waals surface area contributed by atoms with E-state index in [9.17, 15) is 0 Å². The standard InChI is InChI=1S/C16H21N3/c1-3-12-6-7-13(9-11(12)2)15-10-18-16(19-15)14-5-4-8-17-14/h6-7,9-10,14,17H,3-5,8H2,1-2H3,(H,18,19). The highest BCUT2D eigenvalue weighted by Crippen LogP contribution is 2.25. The lowest BCUT2D eigenvalue weighted by molar-refractivity contribution is 0.613. The van der Waals surface area contributed by atoms with Crippen LogP contribution >= 0.6 is 0 Å². The van der Waals surface area contributed by atoms with E-state index in [0.717, 1.165) is 24.5 Å². The van der Waals surface area contributed by atoms with Gasteiger partial charge in [0.1, 0.15) is 5.82 Å². The van der Waals surface area contributed by atoms with Gasteiger partial charge in [-0.2, -0.15) is 0 Å². The van der Waals surface area contributed by atoms with Crippen LogP contribution in [0.25, 0.3) is 11.3 Å². The molecular formula is C16H21N3. The van der Waals surface area contributed by atoms with Crippen LogP contribution in [0, 0.1) is 6.92 Å². The molecule has 0 bridgehead atoms. The average molecular weight is 255 g/mol. The Kier molecular flexibility index (Phi) is 3.38. The number of H-pyrrole nitrogens is 1. The zero-order valence-electron chi connectivity index (χ0n) is 11.7. The lowest BCUT2D eigenvalue weighted by Gasteiger charge is -2.07. The number of benzene rings is 1. The molecule has 0 aliphatic carbocycles. The highest BCUT2D eigenvalue weighted by atomic mass is 15.0. The van der Waals surface area contributed by atoms with E-state index in [1.54, 1.807) is 0 Å². The first-order chi connectivity index (χ1) is 9.28. The maximum absolute atomic E-state index is 4.53. The second kappa shape index (κ2) is 5.17. The number of aromatic nitrogens is 2. The summed E-state index contributed by atoms with van der Waals surface area (Å²) < 4.78 is 0. The Morgan fingerprint density at radius 2 is 2.26 bits per heavy atom. The van der Waals surface area contributed by atoms with Gasteiger partial charge >= 0.3 is 0 Å². The first kappa shape index (κ1) is 12.4. The Morgan fingerprint density at radius 1 is 1.37 bits per heavy atom. The van der Waals surface area contributed by atoms with E-state index in [1.807, 2.05) is 6.20 Å². The van der Waals surface area contributed by atoms with Crippen molar-refractivity contribution in [1.29, 1.82) is 0 Å². The van der Waals surface area contributed by atoms with Crippen molar-refractivity contribution in [2.45, 2.75) is 39.2 Å². The summed E-state index contributed by atoms with van der Waals surface area (Å²) in [5.74, 6) is 1.07. The van der Waals surface area contributed by atoms with E-state index < -0.39 is 0 Å². The van der Waals surface area contributed by atoms with E-state index >= 15 is 0 Å². The van der Waals surface area contributed by atoms with Crippen molar-refractivity contribution in [3.8, 4) is 11.3 Å². The van der Waals surface area contributed by atoms with Gasteiger partial charge in [0.2, 0.25) is 0 Å². The third-order valence-corrected chi connectivity index (χ3v) is 4.02. The quantitative estimate of drug-likeness (QED) is 0.882. The number of nitrogens with zero attached hydrogens (tertiary/aromatic N) is 1. The first-order valence-corrected chi connectivity index (χ1v) is 7.16. The number of imidazole rings is 1. The molecule has 1 aromatic carbocycles. The van der Waals surface area contributed by atoms with Crippen LogP contribution in [-0.4, -0.2) is 16.5 Å². The second-order valence-corrected chi connectivity index (χ2v) is 5.33. The summed E-state index contributed by atoms with van der Waals surface area (Å²) in [6.07, 6.45) is 5.47. The molecule has 0 amide bonds. The number of aryl methyl sites for hydroxylation is 2. The van der Waals surface area contributed by atoms with Crippen LogP contribution in [0.3, 0.4) is 0 Å². The summed E-state index contributed by atoms with van der Waals surface area (Å²) in [6, 6.07) is 7.06. The van der Waals surface area contributed by atoms with Crippen LogP contribution < -0.4 is 5.32 Å². The predicted molar refractivity (Wildman–Crippen MR) is 78.1 cm³/mol. The molecule has 2 N–H and O–H groups in total. The molecule has 1 aliphatic rings. The minimum Gasteiger partial charge on any atom is -0.341 e. The van der Waals surface area contributed by atoms with Gasteiger partial charge in [-0.15, -0.1) is 0 Å². The molecule has 1 aromatic heterocycles. The van der Waals surface area contributed by atoms with Crippen molar-refractivity contribution in [3.05, 3.63) is 41.3 Å². The SMILES string of the molecule is CCc1ccc(-c2cnc(C3CCCN3)[nH]2)cc1C. The number of nitrogens with one attached hydrogen (secondary N) is 2. The van der Waals surface area contributed by atoms with Crippen molar-refractivity contribution in [2.24, 2.45) is 0 Å². The van der Waals surface area contributed by atoms with Gasteiger partial charge in [-0.05, 0) is 55.5 Å². The maximum Gasteiger partial charge on any atom is 0.123 e. The van der Waals surface area contributed by atoms with Crippen molar-refractivity contribution in [1.82, 2.24) is 15.3 Å². The van der Waals surface area contributed by atoms with Crippen LogP contribution in [0.4, 0.5) is 0 Å². The van der Waals surface area contributed by atoms with Gasteiger partial charge in [-0.25, -0.2) is 4.98 Å². The molecule has 1 saturated heterocycles. The average Bonchev–Trinajstić information content (AvgIpc) is 3.09. The van der Waals surface area contributed by atoms with Gasteiger partial charge in [-0.1, -0.05) is 19.1 Å². The summed E-state index contributed by atoms with van der Waals surface area (Å²) in [7, 11) is 0. The van der Waals surface area contributed by atoms with Gasteiger partial charge in [0.15, 0.2) is 0 Å². The van der Waals surface area contributed by atoms with Crippen LogP contribution in [0.2, 0.25) is 0 Å². The van der Waals surface area contributed by atoms with Crippen molar-refractivity contribution < 1.29 is 0 Å². The van der Waals surface area contributed by atoms with Crippen molar-refractivity contribution in [3.63, 3.8) is 0 Å². The molecular weight excluding hydrogens is 234 g/mol. The van der Waals surface area contributed by atoms with E-state index in [-0.39, 0.29) is 0 Å². The fourth-order valence-corrected chi connectivity index (χ4v) is 2.84. The minimum absolute atomic E-state index is 0.407. The number of rotatable bonds is 3. The van der Waals surface area contributed by atoms with Gasteiger partial charge in [-0.3, -0.25) is 0 Å². The van der Waals surface area contributed by atoms with Crippen molar-refractivity contribution in [2.75, 3.05) is 6.54 Å². The molecule has 2 aromatic rings. The number of hydrogen-bond acceptors (Lipinski definition) is 2. The molecule has 3 nitrogen and oxygen atoms in total. The van der Waals surface area contributed by atoms with Gasteiger partial charge < -0.3 is 10.3 Å². The van der Waals surface area contributed by atoms with Crippen LogP contribution in [0.1, 0.15) is 42.8 Å². The van der Waals surface area contributed by atoms with E-state index in [4.69, 9.17) is 0 Å². The zero-order valence-corrected chi connectivity index (χ0v) is 11.7. The minimum atomic E-state index is 0.407. The van der Waals surface area contributed by atoms with E-state index in [2.05, 4.69) is 47.3 Å². The van der Waals surface area contributed by atoms with Gasteiger partial charge in [0.05, 0.1) is 17.9 Å². The normalized spacial score (nSPS) is 18.9. The van der Waals surface area contributed by atoms with Gasteiger partial charge in [0, 0.05) is 0 Å². The Hall–Kier alpha value is -1.61. The Morgan fingerprint density at radius 3 is 2.95 bits per heavy atom. The molecule has 100 valence electrons. The summed E-state index contributed by atoms with van der Waals surface area (Å²) in [5.41, 5.74) is 5.12. The Bertz CT molecular complexity index is 565. The molecule has 3 heteroatoms. The molecule has 0 saturated carbocycles. The van der Waals surface area contributed by atoms with E-state index in [0.29, 0.717) is 6.04 Å². The molecule has 1 unspecified atom stereocenters. The maximum atomic E-state index is 4.53. The topological polar surface area (TPSA) is 40.7 Å². The monoisotopic (exact) mass is 255 g/mol. The second-order valence-electron chi connectivity index (χ2n) is 5.33. The van der Waals surface area contributed by atoms with Crippen molar-refractivity contribution >= 4 is 0 Å². The Balaban J connectivity index is 1.87. The van der Waals surface area contributed by atoms with Gasteiger partial charge in [0.25, 0.3) is 0 Å². The molecule has 19 heavy (non-hydrogen) atoms. The summed E-state index contributed by atoms with van der Waals surface area (Å²) >= 11 is 0. The third-order valence-electron chi connectivity index (χ3n) is 4.02. The predicted octanol–water partition coefficient (Wildman–Crippen LogP) is 3.37. The summed E-state index contributed by atoms with van der Waals surface area (Å²) in [4.78, 5) is 7.99. The molecule has 3 rings (SSSR count). The zero-order chi connectivity index (χ0) is 13.2. The lowest BCUT2D eigenvalue weighted by Crippen LogP contribution is -2.14. The molecule has 0 radical (unpaired) electrons. The number of aromatic amines is 1. The molecule has 0 spiro atoms. The van der Waals surface area contributed by atoms with Crippen LogP contribution in [0.5, 0.6) is 0 Å². The van der Waals surface area contributed by atoms with E-state index in [1.165, 1.54) is 29.5 Å². The van der Waals surface area contributed by atoms with Crippen LogP contribution in [-0.2, 0) is 6.42 Å². The highest BCUT2D eigenvalue weighted by Gasteiger charge is 2.19. The summed E-state index contributed by atoms with van der Waals surface area (Å²) in [6.45, 7) is 5.48. The fraction of sp³-hybridized carbons (Fsp3) is 0.438. The highest BCUT2D eigenvalue weighted by molar-refractivity contribution is 5.60. The first-order valence-electron chi connectivity index (χ1n) is 7.16. The molecule has 1 fully saturated rings. The molecule has 1 atom stereocenters. The smallest absolute Gasteiger partial charge is 0.123 e.